The van der Waals surface area contributed by atoms with Crippen molar-refractivity contribution >= 4 is 29.3 Å². The van der Waals surface area contributed by atoms with E-state index in [-0.39, 0.29) is 40.5 Å². The van der Waals surface area contributed by atoms with Crippen LogP contribution in [0.15, 0.2) is 176 Å². The lowest BCUT2D eigenvalue weighted by Gasteiger charge is -2.34. The van der Waals surface area contributed by atoms with E-state index in [1.807, 2.05) is 50.2 Å². The van der Waals surface area contributed by atoms with Crippen LogP contribution in [0.4, 0.5) is 5.69 Å². The van der Waals surface area contributed by atoms with E-state index in [4.69, 9.17) is 9.47 Å². The van der Waals surface area contributed by atoms with Crippen LogP contribution in [0.5, 0.6) is 23.0 Å². The van der Waals surface area contributed by atoms with Gasteiger partial charge in [0, 0.05) is 11.5 Å². The number of ether oxygens (including phenoxy) is 2. The molecule has 2 atom stereocenters. The van der Waals surface area contributed by atoms with Crippen molar-refractivity contribution in [3.8, 4) is 34.1 Å². The first-order chi connectivity index (χ1) is 35.6. The number of amides is 4. The van der Waals surface area contributed by atoms with Gasteiger partial charge >= 0.3 is 0 Å². The van der Waals surface area contributed by atoms with E-state index in [9.17, 15) is 19.2 Å². The molecular weight excluding hydrogens is 917 g/mol. The molecule has 0 radical (unpaired) electrons. The van der Waals surface area contributed by atoms with E-state index in [2.05, 4.69) is 138 Å². The van der Waals surface area contributed by atoms with Crippen molar-refractivity contribution in [2.75, 3.05) is 4.90 Å². The van der Waals surface area contributed by atoms with Crippen molar-refractivity contribution in [1.29, 1.82) is 0 Å². The predicted molar refractivity (Wildman–Crippen MR) is 289 cm³/mol. The summed E-state index contributed by atoms with van der Waals surface area (Å²) in [6, 6.07) is 58.0. The monoisotopic (exact) mass is 972 g/mol. The van der Waals surface area contributed by atoms with Gasteiger partial charge in [0.25, 0.3) is 23.6 Å². The maximum absolute atomic E-state index is 14.2. The van der Waals surface area contributed by atoms with E-state index >= 15 is 0 Å². The Balaban J connectivity index is 0.812. The fourth-order valence-electron chi connectivity index (χ4n) is 12.5. The first kappa shape index (κ1) is 46.7. The lowest BCUT2D eigenvalue weighted by atomic mass is 9.68. The number of carbonyl (C=O) groups excluding carboxylic acids is 4. The van der Waals surface area contributed by atoms with Crippen LogP contribution in [0.2, 0.25) is 0 Å². The average Bonchev–Trinajstić information content (AvgIpc) is 4.02. The summed E-state index contributed by atoms with van der Waals surface area (Å²) < 4.78 is 12.8. The smallest absolute Gasteiger partial charge is 0.266 e. The van der Waals surface area contributed by atoms with Crippen molar-refractivity contribution in [2.24, 2.45) is 0 Å². The summed E-state index contributed by atoms with van der Waals surface area (Å²) in [5.74, 6) is 1.17. The van der Waals surface area contributed by atoms with Gasteiger partial charge in [0.05, 0.1) is 33.4 Å². The summed E-state index contributed by atoms with van der Waals surface area (Å²) >= 11 is 0. The van der Waals surface area contributed by atoms with Gasteiger partial charge in [-0.3, -0.25) is 24.1 Å². The van der Waals surface area contributed by atoms with E-state index in [1.165, 1.54) is 26.5 Å². The number of imide groups is 2. The SMILES string of the molecule is CCC(C)N1C(=O)c2ccc(Oc3ccc(C4(c5ccc(Oc6ccc7c(c6)C(=O)N(c6ccc(C8(C)CC(C)(C)c9ccc(C(C)C)cc98)cc6)C7=O)cc5)c5ccccc5-c5ccccc54)cc3)cc2C1=O. The number of carbonyl (C=O) groups is 4. The van der Waals surface area contributed by atoms with E-state index < -0.39 is 5.41 Å². The van der Waals surface area contributed by atoms with Crippen LogP contribution in [-0.4, -0.2) is 34.6 Å². The maximum Gasteiger partial charge on any atom is 0.266 e. The second-order valence-corrected chi connectivity index (χ2v) is 21.6. The molecule has 8 aromatic carbocycles. The molecule has 2 unspecified atom stereocenters. The Labute approximate surface area is 432 Å². The van der Waals surface area contributed by atoms with E-state index in [0.717, 1.165) is 45.4 Å². The van der Waals surface area contributed by atoms with Gasteiger partial charge in [0.15, 0.2) is 0 Å². The second kappa shape index (κ2) is 17.1. The molecular formula is C66H56N2O6. The molecule has 0 bridgehead atoms. The molecule has 8 nitrogen and oxygen atoms in total. The molecule has 2 heterocycles. The molecule has 2 aliphatic heterocycles. The summed E-state index contributed by atoms with van der Waals surface area (Å²) in [7, 11) is 0. The van der Waals surface area contributed by atoms with Crippen LogP contribution in [-0.2, 0) is 16.2 Å². The molecule has 0 fully saturated rings. The third-order valence-electron chi connectivity index (χ3n) is 16.4. The van der Waals surface area contributed by atoms with Gasteiger partial charge in [-0.25, -0.2) is 4.90 Å². The number of fused-ring (bicyclic) bond motifs is 6. The number of hydrogen-bond acceptors (Lipinski definition) is 6. The first-order valence-corrected chi connectivity index (χ1v) is 25.7. The van der Waals surface area contributed by atoms with Gasteiger partial charge in [-0.1, -0.05) is 145 Å². The molecule has 8 aromatic rings. The first-order valence-electron chi connectivity index (χ1n) is 25.7. The minimum Gasteiger partial charge on any atom is -0.457 e. The Morgan fingerprint density at radius 3 is 1.47 bits per heavy atom. The highest BCUT2D eigenvalue weighted by atomic mass is 16.5. The lowest BCUT2D eigenvalue weighted by Crippen LogP contribution is -2.37. The predicted octanol–water partition coefficient (Wildman–Crippen LogP) is 14.9. The van der Waals surface area contributed by atoms with Crippen molar-refractivity contribution in [3.05, 3.63) is 243 Å². The molecule has 4 aliphatic rings. The van der Waals surface area contributed by atoms with Crippen molar-refractivity contribution in [1.82, 2.24) is 4.90 Å². The fraction of sp³-hybridized carbons (Fsp3) is 0.212. The molecule has 0 saturated heterocycles. The zero-order chi connectivity index (χ0) is 51.4. The maximum atomic E-state index is 14.2. The normalized spacial score (nSPS) is 18.1. The van der Waals surface area contributed by atoms with Gasteiger partial charge < -0.3 is 9.47 Å². The summed E-state index contributed by atoms with van der Waals surface area (Å²) in [4.78, 5) is 57.1. The summed E-state index contributed by atoms with van der Waals surface area (Å²) in [5, 5.41) is 0. The van der Waals surface area contributed by atoms with E-state index in [1.54, 1.807) is 36.4 Å². The van der Waals surface area contributed by atoms with Crippen LogP contribution in [0.1, 0.15) is 153 Å². The summed E-state index contributed by atoms with van der Waals surface area (Å²) in [6.07, 6.45) is 1.62. The van der Waals surface area contributed by atoms with Crippen molar-refractivity contribution < 1.29 is 28.7 Å². The Morgan fingerprint density at radius 1 is 0.459 bits per heavy atom. The van der Waals surface area contributed by atoms with Crippen LogP contribution < -0.4 is 14.4 Å². The van der Waals surface area contributed by atoms with Gasteiger partial charge in [-0.2, -0.15) is 0 Å². The number of hydrogen-bond donors (Lipinski definition) is 0. The lowest BCUT2D eigenvalue weighted by molar-refractivity contribution is 0.0592. The Bertz CT molecular complexity index is 3600. The van der Waals surface area contributed by atoms with Crippen LogP contribution in [0.25, 0.3) is 11.1 Å². The minimum absolute atomic E-state index is 0.00192. The van der Waals surface area contributed by atoms with E-state index in [0.29, 0.717) is 63.3 Å². The highest BCUT2D eigenvalue weighted by Crippen LogP contribution is 2.57. The molecule has 8 heteroatoms. The molecule has 366 valence electrons. The zero-order valence-corrected chi connectivity index (χ0v) is 42.7. The summed E-state index contributed by atoms with van der Waals surface area (Å²) in [5.41, 5.74) is 12.8. The molecule has 0 aromatic heterocycles. The topological polar surface area (TPSA) is 93.2 Å². The third-order valence-corrected chi connectivity index (χ3v) is 16.4. The number of nitrogens with zero attached hydrogens (tertiary/aromatic N) is 2. The largest absolute Gasteiger partial charge is 0.457 e. The van der Waals surface area contributed by atoms with Gasteiger partial charge in [-0.05, 0) is 160 Å². The fourth-order valence-corrected chi connectivity index (χ4v) is 12.5. The van der Waals surface area contributed by atoms with Crippen molar-refractivity contribution in [2.45, 2.75) is 89.5 Å². The number of benzene rings is 8. The highest BCUT2D eigenvalue weighted by Gasteiger charge is 2.48. The standard InChI is InChI=1S/C66H56N2O6/c1-8-40(4)67-60(69)52-32-30-48(36-54(52)62(67)71)73-46-26-20-43(21-27-46)66(56-15-11-9-13-50(56)51-14-10-12-16-57(51)66)44-22-28-47(29-23-44)74-49-31-33-53-55(37-49)63(72)68(61(53)70)45-24-18-42(19-25-45)65(7)38-64(5,6)58-34-17-41(39(2)3)35-59(58)65/h9-37,39-40H,8,38H2,1-7H3. The van der Waals surface area contributed by atoms with Gasteiger partial charge in [0.2, 0.25) is 0 Å². The highest BCUT2D eigenvalue weighted by molar-refractivity contribution is 6.34. The van der Waals surface area contributed by atoms with Gasteiger partial charge in [-0.15, -0.1) is 0 Å². The molecule has 74 heavy (non-hydrogen) atoms. The minimum atomic E-state index is -0.709. The zero-order valence-electron chi connectivity index (χ0n) is 42.7. The molecule has 0 N–H and O–H groups in total. The molecule has 0 spiro atoms. The Kier molecular flexibility index (Phi) is 10.8. The molecule has 0 saturated carbocycles. The molecule has 2 aliphatic carbocycles. The molecule has 12 rings (SSSR count). The van der Waals surface area contributed by atoms with Crippen LogP contribution in [0.3, 0.4) is 0 Å². The summed E-state index contributed by atoms with van der Waals surface area (Å²) in [6.45, 7) is 15.2. The van der Waals surface area contributed by atoms with Crippen LogP contribution in [0, 0.1) is 0 Å². The second-order valence-electron chi connectivity index (χ2n) is 21.6. The Morgan fingerprint density at radius 2 is 0.932 bits per heavy atom. The number of anilines is 1. The average molecular weight is 973 g/mol. The van der Waals surface area contributed by atoms with Gasteiger partial charge in [0.1, 0.15) is 23.0 Å². The quantitative estimate of drug-likeness (QED) is 0.120. The van der Waals surface area contributed by atoms with Crippen LogP contribution >= 0.6 is 0 Å². The van der Waals surface area contributed by atoms with Crippen molar-refractivity contribution in [3.63, 3.8) is 0 Å². The Hall–Kier alpha value is -8.36. The third kappa shape index (κ3) is 7.02. The number of rotatable bonds is 11. The molecule has 4 amide bonds.